The van der Waals surface area contributed by atoms with Gasteiger partial charge in [0.25, 0.3) is 0 Å². The largest absolute Gasteiger partial charge is 0.487 e. The molecule has 5 rings (SSSR count). The third kappa shape index (κ3) is 4.58. The van der Waals surface area contributed by atoms with Crippen LogP contribution in [0.3, 0.4) is 0 Å². The Morgan fingerprint density at radius 2 is 1.97 bits per heavy atom. The molecular weight excluding hydrogens is 438 g/mol. The van der Waals surface area contributed by atoms with E-state index in [0.29, 0.717) is 29.5 Å². The maximum Gasteiger partial charge on any atom is 0.229 e. The van der Waals surface area contributed by atoms with Gasteiger partial charge in [0.15, 0.2) is 0 Å². The summed E-state index contributed by atoms with van der Waals surface area (Å²) in [6, 6.07) is 13.9. The lowest BCUT2D eigenvalue weighted by molar-refractivity contribution is -0.0608. The fourth-order valence-electron chi connectivity index (χ4n) is 5.64. The minimum absolute atomic E-state index is 0.386. The van der Waals surface area contributed by atoms with Crippen LogP contribution in [0.25, 0.3) is 0 Å². The number of nitrogens with zero attached hydrogens (tertiary/aromatic N) is 2. The van der Waals surface area contributed by atoms with Gasteiger partial charge in [-0.2, -0.15) is 5.26 Å². The van der Waals surface area contributed by atoms with Gasteiger partial charge in [0.2, 0.25) is 10.0 Å². The van der Waals surface area contributed by atoms with Crippen LogP contribution in [0.5, 0.6) is 5.75 Å². The lowest BCUT2D eigenvalue weighted by Crippen LogP contribution is -2.53. The summed E-state index contributed by atoms with van der Waals surface area (Å²) in [5, 5.41) is 20.0. The van der Waals surface area contributed by atoms with Crippen LogP contribution in [0.1, 0.15) is 54.0 Å². The monoisotopic (exact) mass is 467 g/mol. The Balaban J connectivity index is 1.25. The molecule has 0 saturated carbocycles. The van der Waals surface area contributed by atoms with Gasteiger partial charge in [-0.05, 0) is 73.6 Å². The maximum absolute atomic E-state index is 11.5. The lowest BCUT2D eigenvalue weighted by atomic mass is 9.80. The van der Waals surface area contributed by atoms with Crippen LogP contribution in [-0.4, -0.2) is 49.4 Å². The van der Waals surface area contributed by atoms with Crippen LogP contribution in [-0.2, 0) is 22.9 Å². The zero-order valence-electron chi connectivity index (χ0n) is 18.8. The molecule has 2 heterocycles. The molecule has 2 aromatic carbocycles. The first-order valence-corrected chi connectivity index (χ1v) is 13.4. The van der Waals surface area contributed by atoms with Gasteiger partial charge in [-0.3, -0.25) is 9.62 Å². The van der Waals surface area contributed by atoms with Crippen LogP contribution in [0.2, 0.25) is 0 Å². The average molecular weight is 468 g/mol. The van der Waals surface area contributed by atoms with Gasteiger partial charge in [0.1, 0.15) is 11.4 Å². The van der Waals surface area contributed by atoms with Crippen molar-refractivity contribution in [3.8, 4) is 11.8 Å². The fourth-order valence-corrected chi connectivity index (χ4v) is 6.19. The lowest BCUT2D eigenvalue weighted by Gasteiger charge is -2.48. The molecule has 1 fully saturated rings. The van der Waals surface area contributed by atoms with E-state index >= 15 is 0 Å². The highest BCUT2D eigenvalue weighted by Crippen LogP contribution is 2.45. The third-order valence-corrected chi connectivity index (χ3v) is 7.93. The van der Waals surface area contributed by atoms with Crippen molar-refractivity contribution in [2.75, 3.05) is 24.1 Å². The number of sulfonamides is 1. The number of hydrogen-bond acceptors (Lipinski definition) is 6. The van der Waals surface area contributed by atoms with E-state index in [4.69, 9.17) is 10.00 Å². The molecule has 1 spiro atoms. The molecule has 2 aliphatic heterocycles. The molecule has 2 atom stereocenters. The first-order chi connectivity index (χ1) is 15.7. The number of aryl methyl sites for hydroxylation is 1. The summed E-state index contributed by atoms with van der Waals surface area (Å²) in [4.78, 5) is 2.55. The first-order valence-electron chi connectivity index (χ1n) is 11.5. The number of piperidine rings is 1. The van der Waals surface area contributed by atoms with E-state index < -0.39 is 16.1 Å². The molecule has 174 valence electrons. The Labute approximate surface area is 195 Å². The zero-order valence-corrected chi connectivity index (χ0v) is 19.6. The Bertz CT molecular complexity index is 1210. The van der Waals surface area contributed by atoms with E-state index in [1.54, 1.807) is 18.2 Å². The summed E-state index contributed by atoms with van der Waals surface area (Å²) < 4.78 is 32.0. The van der Waals surface area contributed by atoms with Gasteiger partial charge >= 0.3 is 0 Å². The molecule has 0 radical (unpaired) electrons. The number of hydrogen-bond donors (Lipinski definition) is 2. The van der Waals surface area contributed by atoms with Crippen molar-refractivity contribution in [3.63, 3.8) is 0 Å². The highest BCUT2D eigenvalue weighted by atomic mass is 32.2. The average Bonchev–Trinajstić information content (AvgIpc) is 2.78. The van der Waals surface area contributed by atoms with Gasteiger partial charge < -0.3 is 9.84 Å². The molecule has 3 aliphatic rings. The minimum atomic E-state index is -3.38. The summed E-state index contributed by atoms with van der Waals surface area (Å²) in [7, 11) is -3.38. The highest BCUT2D eigenvalue weighted by Gasteiger charge is 2.44. The first kappa shape index (κ1) is 22.2. The number of nitriles is 1. The Kier molecular flexibility index (Phi) is 5.60. The molecule has 0 bridgehead atoms. The predicted molar refractivity (Wildman–Crippen MR) is 126 cm³/mol. The van der Waals surface area contributed by atoms with Gasteiger partial charge in [-0.15, -0.1) is 0 Å². The number of anilines is 1. The summed E-state index contributed by atoms with van der Waals surface area (Å²) >= 11 is 0. The maximum atomic E-state index is 11.5. The van der Waals surface area contributed by atoms with Gasteiger partial charge in [-0.25, -0.2) is 8.42 Å². The van der Waals surface area contributed by atoms with Crippen molar-refractivity contribution in [3.05, 3.63) is 58.7 Å². The highest BCUT2D eigenvalue weighted by molar-refractivity contribution is 7.92. The number of nitrogens with one attached hydrogen (secondary N) is 1. The summed E-state index contributed by atoms with van der Waals surface area (Å²) in [5.41, 5.74) is 4.07. The van der Waals surface area contributed by atoms with E-state index in [1.165, 1.54) is 11.1 Å². The van der Waals surface area contributed by atoms with Gasteiger partial charge in [-0.1, -0.05) is 6.07 Å². The molecule has 2 aromatic rings. The minimum Gasteiger partial charge on any atom is -0.487 e. The molecule has 1 saturated heterocycles. The molecule has 2 N–H and O–H groups in total. The van der Waals surface area contributed by atoms with Crippen LogP contribution < -0.4 is 9.46 Å². The number of ether oxygens (including phenoxy) is 1. The van der Waals surface area contributed by atoms with Crippen molar-refractivity contribution in [1.29, 1.82) is 5.26 Å². The van der Waals surface area contributed by atoms with E-state index in [-0.39, 0.29) is 5.60 Å². The summed E-state index contributed by atoms with van der Waals surface area (Å²) in [5.74, 6) is 0.640. The molecule has 33 heavy (non-hydrogen) atoms. The predicted octanol–water partition coefficient (Wildman–Crippen LogP) is 3.14. The van der Waals surface area contributed by atoms with Crippen molar-refractivity contribution in [2.45, 2.75) is 56.3 Å². The Morgan fingerprint density at radius 3 is 2.70 bits per heavy atom. The van der Waals surface area contributed by atoms with Crippen LogP contribution in [0, 0.1) is 11.3 Å². The number of rotatable bonds is 3. The van der Waals surface area contributed by atoms with Crippen LogP contribution in [0.15, 0.2) is 36.4 Å². The van der Waals surface area contributed by atoms with Gasteiger partial charge in [0.05, 0.1) is 24.0 Å². The standard InChI is InChI=1S/C25H29N3O4S/c1-33(30,31)27-20-5-7-24-22(14-20)23(29)15-25(32-24)8-10-28(11-9-25)21-6-4-18-12-17(16-26)2-3-19(18)13-21/h2-3,5,7,12,14,21,23,27,29H,4,6,8-11,13,15H2,1H3/t21-,23-/m1/s1. The fraction of sp³-hybridized carbons (Fsp3) is 0.480. The second-order valence-corrected chi connectivity index (χ2v) is 11.4. The summed E-state index contributed by atoms with van der Waals surface area (Å²) in [6.45, 7) is 1.85. The van der Waals surface area contributed by atoms with E-state index in [9.17, 15) is 13.5 Å². The molecule has 8 heteroatoms. The third-order valence-electron chi connectivity index (χ3n) is 7.33. The molecule has 0 aromatic heterocycles. The van der Waals surface area contributed by atoms with E-state index in [0.717, 1.165) is 57.0 Å². The van der Waals surface area contributed by atoms with E-state index in [1.807, 2.05) is 12.1 Å². The molecule has 0 unspecified atom stereocenters. The molecule has 7 nitrogen and oxygen atoms in total. The number of likely N-dealkylation sites (tertiary alicyclic amines) is 1. The van der Waals surface area contributed by atoms with Crippen LogP contribution >= 0.6 is 0 Å². The molecule has 1 aliphatic carbocycles. The quantitative estimate of drug-likeness (QED) is 0.719. The van der Waals surface area contributed by atoms with Crippen molar-refractivity contribution in [1.82, 2.24) is 4.90 Å². The van der Waals surface area contributed by atoms with Crippen molar-refractivity contribution in [2.24, 2.45) is 0 Å². The van der Waals surface area contributed by atoms with Crippen LogP contribution in [0.4, 0.5) is 5.69 Å². The molecule has 0 amide bonds. The Hall–Kier alpha value is -2.60. The zero-order chi connectivity index (χ0) is 23.2. The number of fused-ring (bicyclic) bond motifs is 2. The molecular formula is C25H29N3O4S. The normalized spacial score (nSPS) is 24.3. The van der Waals surface area contributed by atoms with Crippen molar-refractivity contribution >= 4 is 15.7 Å². The van der Waals surface area contributed by atoms with Gasteiger partial charge in [0, 0.05) is 36.8 Å². The summed E-state index contributed by atoms with van der Waals surface area (Å²) in [6.07, 6.45) is 5.75. The smallest absolute Gasteiger partial charge is 0.229 e. The number of aliphatic hydroxyl groups is 1. The number of benzene rings is 2. The van der Waals surface area contributed by atoms with E-state index in [2.05, 4.69) is 21.8 Å². The SMILES string of the molecule is CS(=O)(=O)Nc1ccc2c(c1)[C@H](O)CC1(CCN([C@@H]3CCc4cc(C#N)ccc4C3)CC1)O2. The Morgan fingerprint density at radius 1 is 1.18 bits per heavy atom. The second kappa shape index (κ2) is 8.32. The van der Waals surface area contributed by atoms with Crippen molar-refractivity contribution < 1.29 is 18.3 Å². The topological polar surface area (TPSA) is 103 Å². The second-order valence-electron chi connectivity index (χ2n) is 9.66. The number of aliphatic hydroxyl groups excluding tert-OH is 1.